The molecule has 4 atom stereocenters. The van der Waals surface area contributed by atoms with Gasteiger partial charge in [0.2, 0.25) is 5.95 Å². The number of halogens is 2. The molecule has 1 aliphatic heterocycles. The quantitative estimate of drug-likeness (QED) is 0.222. The van der Waals surface area contributed by atoms with Gasteiger partial charge in [-0.05, 0) is 37.6 Å². The molecular formula is C26H32ClFN6O5. The average molecular weight is 563 g/mol. The lowest BCUT2D eigenvalue weighted by atomic mass is 10.1. The summed E-state index contributed by atoms with van der Waals surface area (Å²) in [5, 5.41) is 36.3. The van der Waals surface area contributed by atoms with E-state index in [0.29, 0.717) is 46.6 Å². The highest BCUT2D eigenvalue weighted by Gasteiger charge is 2.33. The van der Waals surface area contributed by atoms with Gasteiger partial charge in [-0.2, -0.15) is 0 Å². The maximum Gasteiger partial charge on any atom is 0.270 e. The van der Waals surface area contributed by atoms with E-state index in [2.05, 4.69) is 20.6 Å². The Hall–Kier alpha value is -3.29. The summed E-state index contributed by atoms with van der Waals surface area (Å²) in [6.07, 6.45) is 2.02. The molecule has 39 heavy (non-hydrogen) atoms. The number of nitrogens with zero attached hydrogens (tertiary/aromatic N) is 4. The number of amides is 1. The normalized spacial score (nSPS) is 16.4. The van der Waals surface area contributed by atoms with Crippen LogP contribution in [0.15, 0.2) is 36.7 Å². The van der Waals surface area contributed by atoms with Crippen molar-refractivity contribution in [2.75, 3.05) is 32.2 Å². The average Bonchev–Trinajstić information content (AvgIpc) is 3.37. The fourth-order valence-electron chi connectivity index (χ4n) is 4.44. The smallest absolute Gasteiger partial charge is 0.270 e. The van der Waals surface area contributed by atoms with E-state index in [4.69, 9.17) is 16.3 Å². The highest BCUT2D eigenvalue weighted by atomic mass is 35.5. The summed E-state index contributed by atoms with van der Waals surface area (Å²) in [5.41, 5.74) is 1.86. The van der Waals surface area contributed by atoms with Crippen molar-refractivity contribution in [3.63, 3.8) is 0 Å². The van der Waals surface area contributed by atoms with Gasteiger partial charge in [0.1, 0.15) is 23.5 Å². The zero-order valence-corrected chi connectivity index (χ0v) is 22.6. The molecule has 1 aliphatic rings. The van der Waals surface area contributed by atoms with Crippen LogP contribution in [-0.4, -0.2) is 85.8 Å². The first-order valence-corrected chi connectivity index (χ1v) is 12.8. The number of fused-ring (bicyclic) bond motifs is 1. The van der Waals surface area contributed by atoms with Crippen LogP contribution in [0.4, 0.5) is 10.3 Å². The van der Waals surface area contributed by atoms with E-state index in [-0.39, 0.29) is 24.3 Å². The maximum atomic E-state index is 14.0. The van der Waals surface area contributed by atoms with Crippen LogP contribution in [0.25, 0.3) is 11.3 Å². The number of aliphatic hydroxyl groups is 3. The van der Waals surface area contributed by atoms with E-state index in [1.165, 1.54) is 30.3 Å². The lowest BCUT2D eigenvalue weighted by molar-refractivity contribution is 0.0137. The monoisotopic (exact) mass is 562 g/mol. The summed E-state index contributed by atoms with van der Waals surface area (Å²) in [5.74, 6) is -0.258. The van der Waals surface area contributed by atoms with Crippen LogP contribution < -0.4 is 15.4 Å². The lowest BCUT2D eigenvalue weighted by Gasteiger charge is -2.37. The molecule has 13 heteroatoms. The number of anilines is 1. The molecular weight excluding hydrogens is 531 g/mol. The number of carbonyl (C=O) groups is 1. The summed E-state index contributed by atoms with van der Waals surface area (Å²) in [4.78, 5) is 23.6. The number of methoxy groups -OCH3 is 1. The number of aromatic nitrogens is 3. The Morgan fingerprint density at radius 1 is 1.18 bits per heavy atom. The molecule has 4 rings (SSSR count). The minimum atomic E-state index is -1.22. The summed E-state index contributed by atoms with van der Waals surface area (Å²) in [7, 11) is 1.41. The molecule has 5 N–H and O–H groups in total. The van der Waals surface area contributed by atoms with Gasteiger partial charge in [0.15, 0.2) is 0 Å². The predicted octanol–water partition coefficient (Wildman–Crippen LogP) is 2.02. The summed E-state index contributed by atoms with van der Waals surface area (Å²) in [6, 6.07) is 3.99. The van der Waals surface area contributed by atoms with E-state index in [0.717, 1.165) is 0 Å². The number of carbonyl (C=O) groups excluding carboxylic acids is 1. The molecule has 210 valence electrons. The van der Waals surface area contributed by atoms with Gasteiger partial charge < -0.3 is 34.8 Å². The zero-order chi connectivity index (χ0) is 28.3. The second-order valence-electron chi connectivity index (χ2n) is 9.44. The number of hydrogen-bond acceptors (Lipinski definition) is 9. The van der Waals surface area contributed by atoms with Crippen LogP contribution in [0.2, 0.25) is 5.02 Å². The van der Waals surface area contributed by atoms with Crippen molar-refractivity contribution in [2.45, 2.75) is 44.7 Å². The lowest BCUT2D eigenvalue weighted by Crippen LogP contribution is -2.54. The topological polar surface area (TPSA) is 145 Å². The van der Waals surface area contributed by atoms with E-state index >= 15 is 0 Å². The van der Waals surface area contributed by atoms with Crippen LogP contribution in [0.3, 0.4) is 0 Å². The van der Waals surface area contributed by atoms with E-state index in [1.807, 2.05) is 0 Å². The Morgan fingerprint density at radius 3 is 2.64 bits per heavy atom. The molecule has 3 aromatic rings. The molecule has 1 amide bonds. The van der Waals surface area contributed by atoms with Gasteiger partial charge in [0, 0.05) is 37.0 Å². The van der Waals surface area contributed by atoms with Crippen LogP contribution >= 0.6 is 11.6 Å². The standard InChI is InChI=1S/C26H32ClFN6O5/c1-14(12-35)30-26-29-10-20(27)23(32-26)17-8-22-25(38)34(5-4-33(22)11-17)15(2)24(37)31-21(13-36)16-6-18(28)9-19(7-16)39-3/h6-11,14-15,21,24,31,35-37H,4-5,12-13H2,1-3H3,(H,29,30,32)/t14-,15+,21+,24?/m0/s1. The number of nitrogens with one attached hydrogen (secondary N) is 2. The van der Waals surface area contributed by atoms with Crippen molar-refractivity contribution in [1.82, 2.24) is 24.8 Å². The number of ether oxygens (including phenoxy) is 1. The Balaban J connectivity index is 1.51. The molecule has 2 aromatic heterocycles. The Kier molecular flexibility index (Phi) is 9.03. The van der Waals surface area contributed by atoms with Crippen LogP contribution in [-0.2, 0) is 6.54 Å². The van der Waals surface area contributed by atoms with Gasteiger partial charge in [0.25, 0.3) is 5.91 Å². The minimum absolute atomic E-state index is 0.0967. The minimum Gasteiger partial charge on any atom is -0.497 e. The fourth-order valence-corrected chi connectivity index (χ4v) is 4.64. The molecule has 0 radical (unpaired) electrons. The van der Waals surface area contributed by atoms with Gasteiger partial charge in [0.05, 0.1) is 49.3 Å². The number of benzene rings is 1. The molecule has 0 saturated carbocycles. The SMILES string of the molecule is COc1cc(F)cc([C@@H](CO)NC(O)[C@@H](C)N2CCn3cc(-c4nc(N[C@@H](C)CO)ncc4Cl)cc3C2=O)c1. The molecule has 11 nitrogen and oxygen atoms in total. The van der Waals surface area contributed by atoms with E-state index in [9.17, 15) is 24.5 Å². The van der Waals surface area contributed by atoms with Crippen molar-refractivity contribution in [2.24, 2.45) is 0 Å². The molecule has 0 saturated heterocycles. The van der Waals surface area contributed by atoms with Crippen molar-refractivity contribution < 1.29 is 29.2 Å². The molecule has 0 spiro atoms. The van der Waals surface area contributed by atoms with Crippen LogP contribution in [0.5, 0.6) is 5.75 Å². The molecule has 0 bridgehead atoms. The Labute approximate surface area is 230 Å². The molecule has 0 aliphatic carbocycles. The second-order valence-corrected chi connectivity index (χ2v) is 9.84. The summed E-state index contributed by atoms with van der Waals surface area (Å²) in [6.45, 7) is 3.76. The van der Waals surface area contributed by atoms with E-state index in [1.54, 1.807) is 36.7 Å². The molecule has 3 heterocycles. The maximum absolute atomic E-state index is 14.0. The van der Waals surface area contributed by atoms with E-state index < -0.39 is 30.7 Å². The molecule has 1 aromatic carbocycles. The van der Waals surface area contributed by atoms with Gasteiger partial charge in [-0.3, -0.25) is 10.1 Å². The third-order valence-electron chi connectivity index (χ3n) is 6.66. The summed E-state index contributed by atoms with van der Waals surface area (Å²) < 4.78 is 20.9. The third kappa shape index (κ3) is 6.31. The first kappa shape index (κ1) is 28.7. The Morgan fingerprint density at radius 2 is 1.95 bits per heavy atom. The second kappa shape index (κ2) is 12.3. The number of hydrogen-bond donors (Lipinski definition) is 5. The molecule has 1 unspecified atom stereocenters. The van der Waals surface area contributed by atoms with Crippen molar-refractivity contribution in [3.05, 3.63) is 58.8 Å². The highest BCUT2D eigenvalue weighted by molar-refractivity contribution is 6.33. The van der Waals surface area contributed by atoms with Gasteiger partial charge in [-0.25, -0.2) is 14.4 Å². The fraction of sp³-hybridized carbons (Fsp3) is 0.423. The summed E-state index contributed by atoms with van der Waals surface area (Å²) >= 11 is 6.36. The third-order valence-corrected chi connectivity index (χ3v) is 6.94. The van der Waals surface area contributed by atoms with Crippen molar-refractivity contribution in [1.29, 1.82) is 0 Å². The van der Waals surface area contributed by atoms with Gasteiger partial charge >= 0.3 is 0 Å². The van der Waals surface area contributed by atoms with Gasteiger partial charge in [-0.1, -0.05) is 11.6 Å². The van der Waals surface area contributed by atoms with Crippen molar-refractivity contribution in [3.8, 4) is 17.0 Å². The van der Waals surface area contributed by atoms with Gasteiger partial charge in [-0.15, -0.1) is 0 Å². The van der Waals surface area contributed by atoms with Crippen LogP contribution in [0.1, 0.15) is 35.9 Å². The molecule has 0 fully saturated rings. The number of rotatable bonds is 11. The first-order valence-electron chi connectivity index (χ1n) is 12.5. The largest absolute Gasteiger partial charge is 0.497 e. The Bertz CT molecular complexity index is 1320. The highest BCUT2D eigenvalue weighted by Crippen LogP contribution is 2.30. The predicted molar refractivity (Wildman–Crippen MR) is 143 cm³/mol. The van der Waals surface area contributed by atoms with Crippen LogP contribution in [0, 0.1) is 5.82 Å². The number of aliphatic hydroxyl groups excluding tert-OH is 3. The zero-order valence-electron chi connectivity index (χ0n) is 21.8. The van der Waals surface area contributed by atoms with Crippen molar-refractivity contribution >= 4 is 23.5 Å². The first-order chi connectivity index (χ1) is 18.6.